The predicted molar refractivity (Wildman–Crippen MR) is 254 cm³/mol. The minimum absolute atomic E-state index is 0.0202. The smallest absolute Gasteiger partial charge is 0.387 e. The number of benzene rings is 4. The molecule has 1 aliphatic carbocycles. The molecular formula is C51H53Cl2F2N4O8S+. The fraction of sp³-hybridized carbons (Fsp3) is 0.392. The van der Waals surface area contributed by atoms with Crippen molar-refractivity contribution in [1.29, 1.82) is 0 Å². The molecule has 2 bridgehead atoms. The maximum atomic E-state index is 14.1. The number of aromatic amines is 1. The van der Waals surface area contributed by atoms with Gasteiger partial charge in [0.1, 0.15) is 28.5 Å². The normalized spacial score (nSPS) is 20.8. The van der Waals surface area contributed by atoms with Crippen molar-refractivity contribution >= 4 is 52.5 Å². The van der Waals surface area contributed by atoms with Crippen LogP contribution in [0.15, 0.2) is 109 Å². The molecule has 2 N–H and O–H groups in total. The first kappa shape index (κ1) is 47.9. The van der Waals surface area contributed by atoms with Crippen molar-refractivity contribution in [2.45, 2.75) is 75.9 Å². The highest BCUT2D eigenvalue weighted by Gasteiger charge is 2.39. The van der Waals surface area contributed by atoms with Crippen LogP contribution in [-0.2, 0) is 33.8 Å². The molecule has 1 aromatic heterocycles. The number of aliphatic hydroxyl groups is 1. The lowest BCUT2D eigenvalue weighted by molar-refractivity contribution is -0.377. The van der Waals surface area contributed by atoms with Crippen molar-refractivity contribution in [1.82, 2.24) is 9.80 Å². The topological polar surface area (TPSA) is 124 Å². The van der Waals surface area contributed by atoms with E-state index in [4.69, 9.17) is 46.9 Å². The lowest BCUT2D eigenvalue weighted by Gasteiger charge is -2.45. The summed E-state index contributed by atoms with van der Waals surface area (Å²) < 4.78 is 56.2. The number of aliphatic hydroxyl groups excluding tert-OH is 1. The Bertz CT molecular complexity index is 2500. The maximum absolute atomic E-state index is 14.1. The number of carbonyl (C=O) groups is 2. The van der Waals surface area contributed by atoms with Crippen LogP contribution in [0.1, 0.15) is 64.4 Å². The SMILES string of the molecule is O=C(O[C@@H](Cc1c(Cl)c[nH+]cc1Cl)c1ccc(OC(F)F)c(OCC2CC2)c1)[C@@H]1SCCN1C(=O)c1ccc(COc2cccc(CN(c3ccccc3)C(O)O[C@H]3CN4CCC3CC4)c2)cc1. The van der Waals surface area contributed by atoms with E-state index >= 15 is 0 Å². The summed E-state index contributed by atoms with van der Waals surface area (Å²) in [6, 6.07) is 29.0. The molecule has 4 saturated heterocycles. The molecule has 5 aromatic rings. The van der Waals surface area contributed by atoms with Crippen molar-refractivity contribution in [2.75, 3.05) is 43.4 Å². The number of fused-ring (bicyclic) bond motifs is 3. The highest BCUT2D eigenvalue weighted by atomic mass is 35.5. The molecular weight excluding hydrogens is 938 g/mol. The van der Waals surface area contributed by atoms with Gasteiger partial charge in [0, 0.05) is 48.6 Å². The number of thioether (sulfide) groups is 1. The van der Waals surface area contributed by atoms with Gasteiger partial charge in [-0.15, -0.1) is 11.8 Å². The Hall–Kier alpha value is -5.16. The van der Waals surface area contributed by atoms with Crippen molar-refractivity contribution in [3.05, 3.63) is 147 Å². The number of carbonyl (C=O) groups excluding carboxylic acids is 2. The van der Waals surface area contributed by atoms with Gasteiger partial charge in [-0.05, 0) is 116 Å². The van der Waals surface area contributed by atoms with Gasteiger partial charge in [0.2, 0.25) is 6.41 Å². The molecule has 0 radical (unpaired) electrons. The summed E-state index contributed by atoms with van der Waals surface area (Å²) in [5.74, 6) is 0.868. The van der Waals surface area contributed by atoms with Gasteiger partial charge in [-0.1, -0.05) is 71.7 Å². The first-order valence-electron chi connectivity index (χ1n) is 22.9. The quantitative estimate of drug-likeness (QED) is 0.0593. The number of nitrogens with one attached hydrogen (secondary N) is 1. The van der Waals surface area contributed by atoms with E-state index in [0.717, 1.165) is 62.1 Å². The van der Waals surface area contributed by atoms with Crippen LogP contribution in [-0.4, -0.2) is 89.8 Å². The molecule has 5 fully saturated rings. The lowest BCUT2D eigenvalue weighted by atomic mass is 9.86. The Kier molecular flexibility index (Phi) is 15.5. The number of amides is 1. The van der Waals surface area contributed by atoms with Crippen LogP contribution in [0.5, 0.6) is 17.2 Å². The number of nitrogens with zero attached hydrogens (tertiary/aromatic N) is 3. The third-order valence-corrected chi connectivity index (χ3v) is 14.7. The zero-order chi connectivity index (χ0) is 47.1. The Morgan fingerprint density at radius 3 is 2.32 bits per heavy atom. The zero-order valence-electron chi connectivity index (χ0n) is 37.2. The zero-order valence-corrected chi connectivity index (χ0v) is 39.5. The van der Waals surface area contributed by atoms with E-state index < -0.39 is 30.5 Å². The van der Waals surface area contributed by atoms with Crippen molar-refractivity contribution in [3.63, 3.8) is 0 Å². The summed E-state index contributed by atoms with van der Waals surface area (Å²) in [5, 5.41) is 11.1. The van der Waals surface area contributed by atoms with Gasteiger partial charge in [-0.25, -0.2) is 9.78 Å². The second-order valence-corrected chi connectivity index (χ2v) is 19.6. The molecule has 5 heterocycles. The van der Waals surface area contributed by atoms with Crippen LogP contribution in [0.4, 0.5) is 14.5 Å². The lowest BCUT2D eigenvalue weighted by Crippen LogP contribution is -2.54. The summed E-state index contributed by atoms with van der Waals surface area (Å²) in [7, 11) is 0. The average molecular weight is 991 g/mol. The van der Waals surface area contributed by atoms with Gasteiger partial charge in [-0.3, -0.25) is 4.79 Å². The van der Waals surface area contributed by atoms with E-state index in [1.165, 1.54) is 34.9 Å². The Morgan fingerprint density at radius 2 is 1.62 bits per heavy atom. The third kappa shape index (κ3) is 12.0. The molecule has 17 heteroatoms. The molecule has 5 aliphatic rings. The fourth-order valence-corrected chi connectivity index (χ4v) is 10.5. The van der Waals surface area contributed by atoms with E-state index in [9.17, 15) is 23.5 Å². The minimum atomic E-state index is -3.07. The van der Waals surface area contributed by atoms with E-state index in [0.29, 0.717) is 69.8 Å². The summed E-state index contributed by atoms with van der Waals surface area (Å²) in [5.41, 5.74) is 3.92. The van der Waals surface area contributed by atoms with Crippen molar-refractivity contribution in [2.24, 2.45) is 11.8 Å². The summed E-state index contributed by atoms with van der Waals surface area (Å²) in [6.07, 6.45) is 5.13. The summed E-state index contributed by atoms with van der Waals surface area (Å²) in [4.78, 5) is 36.8. The van der Waals surface area contributed by atoms with Gasteiger partial charge < -0.3 is 43.5 Å². The van der Waals surface area contributed by atoms with Crippen molar-refractivity contribution < 1.29 is 52.1 Å². The van der Waals surface area contributed by atoms with Gasteiger partial charge in [0.25, 0.3) is 5.91 Å². The minimum Gasteiger partial charge on any atom is -0.489 e. The maximum Gasteiger partial charge on any atom is 0.387 e. The number of hydrogen-bond donors (Lipinski definition) is 1. The number of ether oxygens (including phenoxy) is 5. The number of aromatic nitrogens is 1. The van der Waals surface area contributed by atoms with Gasteiger partial charge in [-0.2, -0.15) is 8.78 Å². The first-order chi connectivity index (χ1) is 33.0. The number of hydrogen-bond acceptors (Lipinski definition) is 11. The number of H-pyrrole nitrogens is 1. The highest BCUT2D eigenvalue weighted by Crippen LogP contribution is 2.39. The van der Waals surface area contributed by atoms with Crippen LogP contribution in [0.25, 0.3) is 0 Å². The van der Waals surface area contributed by atoms with Crippen LogP contribution in [0.2, 0.25) is 10.0 Å². The molecule has 12 nitrogen and oxygen atoms in total. The molecule has 4 atom stereocenters. The number of anilines is 1. The second kappa shape index (κ2) is 22.1. The Labute approximate surface area is 408 Å². The number of piperidine rings is 3. The number of alkyl halides is 2. The largest absolute Gasteiger partial charge is 0.489 e. The molecule has 1 amide bonds. The van der Waals surface area contributed by atoms with Gasteiger partial charge in [0.05, 0.1) is 12.7 Å². The molecule has 4 aromatic carbocycles. The number of para-hydroxylation sites is 1. The summed E-state index contributed by atoms with van der Waals surface area (Å²) in [6.45, 7) is 1.20. The van der Waals surface area contributed by atoms with E-state index in [1.54, 1.807) is 24.5 Å². The molecule has 358 valence electrons. The van der Waals surface area contributed by atoms with E-state index in [-0.39, 0.29) is 36.5 Å². The van der Waals surface area contributed by atoms with Crippen LogP contribution in [0.3, 0.4) is 0 Å². The number of pyridine rings is 1. The molecule has 4 aliphatic heterocycles. The van der Waals surface area contributed by atoms with Crippen LogP contribution in [0, 0.1) is 11.8 Å². The molecule has 10 rings (SSSR count). The first-order valence-corrected chi connectivity index (χ1v) is 24.7. The Balaban J connectivity index is 0.845. The van der Waals surface area contributed by atoms with Crippen LogP contribution >= 0.6 is 35.0 Å². The highest BCUT2D eigenvalue weighted by molar-refractivity contribution is 8.00. The van der Waals surface area contributed by atoms with Crippen LogP contribution < -0.4 is 24.1 Å². The predicted octanol–water partition coefficient (Wildman–Crippen LogP) is 9.21. The average Bonchev–Trinajstić information content (AvgIpc) is 4.06. The van der Waals surface area contributed by atoms with E-state index in [2.05, 4.69) is 9.88 Å². The second-order valence-electron chi connectivity index (χ2n) is 17.6. The number of halogens is 4. The van der Waals surface area contributed by atoms with Crippen molar-refractivity contribution in [3.8, 4) is 17.2 Å². The summed E-state index contributed by atoms with van der Waals surface area (Å²) >= 11 is 14.4. The molecule has 68 heavy (non-hydrogen) atoms. The Morgan fingerprint density at radius 1 is 0.853 bits per heavy atom. The van der Waals surface area contributed by atoms with Gasteiger partial charge >= 0.3 is 12.6 Å². The molecule has 0 spiro atoms. The van der Waals surface area contributed by atoms with Gasteiger partial charge in [0.15, 0.2) is 29.3 Å². The monoisotopic (exact) mass is 989 g/mol. The third-order valence-electron chi connectivity index (χ3n) is 12.8. The number of rotatable bonds is 20. The fourth-order valence-electron chi connectivity index (χ4n) is 8.90. The van der Waals surface area contributed by atoms with E-state index in [1.807, 2.05) is 71.6 Å². The number of esters is 1. The molecule has 1 unspecified atom stereocenters. The molecule has 1 saturated carbocycles. The standard InChI is InChI=1S/C51H52Cl2F2N4O8S/c52-41-26-56-27-42(53)40(41)25-44(37-15-16-43(66-50(54)55)45(24-37)64-31-32-9-10-32)65-49(61)48-58(21-22-68-48)47(60)36-13-11-33(12-14-36)30-63-39-8-4-5-34(23-39)28-59(38-6-2-1-3-7-38)51(62)67-46-29-57-19-17-35(46)18-20-57/h1-8,11-16,23-24,26-27,32,35,44,46,48,50-51,62H,9-10,17-22,25,28-31H2/p+1/t44-,46-,48-,51?/m0/s1.